The molecule has 1 aliphatic carbocycles. The Bertz CT molecular complexity index is 104. The van der Waals surface area contributed by atoms with Crippen LogP contribution in [-0.4, -0.2) is 5.11 Å². The summed E-state index contributed by atoms with van der Waals surface area (Å²) in [5.74, 6) is 0.413. The summed E-state index contributed by atoms with van der Waals surface area (Å²) >= 11 is 0. The molecule has 0 saturated heterocycles. The smallest absolute Gasteiger partial charge is 0.111 e. The molecule has 0 aliphatic heterocycles. The zero-order valence-corrected chi connectivity index (χ0v) is 4.85. The van der Waals surface area contributed by atoms with Gasteiger partial charge in [-0.3, -0.25) is 0 Å². The van der Waals surface area contributed by atoms with E-state index in [1.54, 1.807) is 0 Å². The third-order valence-electron chi connectivity index (χ3n) is 1.48. The number of hydrogen-bond donors (Lipinski definition) is 2. The lowest BCUT2D eigenvalue weighted by molar-refractivity contribution is 0.358. The number of hydrogen-bond acceptors (Lipinski definition) is 2. The van der Waals surface area contributed by atoms with Gasteiger partial charge >= 0.3 is 0 Å². The van der Waals surface area contributed by atoms with Gasteiger partial charge in [-0.1, -0.05) is 0 Å². The zero-order valence-electron chi connectivity index (χ0n) is 4.85. The van der Waals surface area contributed by atoms with Gasteiger partial charge < -0.3 is 10.8 Å². The molecule has 46 valence electrons. The number of aliphatic hydroxyl groups is 1. The van der Waals surface area contributed by atoms with Gasteiger partial charge in [0, 0.05) is 12.1 Å². The van der Waals surface area contributed by atoms with Crippen LogP contribution >= 0.6 is 0 Å². The fourth-order valence-corrected chi connectivity index (χ4v) is 0.913. The van der Waals surface area contributed by atoms with Crippen molar-refractivity contribution in [3.63, 3.8) is 0 Å². The van der Waals surface area contributed by atoms with Gasteiger partial charge in [-0.25, -0.2) is 0 Å². The van der Waals surface area contributed by atoms with E-state index in [-0.39, 0.29) is 0 Å². The van der Waals surface area contributed by atoms with E-state index in [0.29, 0.717) is 11.5 Å². The van der Waals surface area contributed by atoms with Gasteiger partial charge in [0.2, 0.25) is 0 Å². The Kier molecular flexibility index (Phi) is 1.42. The van der Waals surface area contributed by atoms with Crippen LogP contribution in [0.3, 0.4) is 0 Å². The SMILES string of the molecule is NC1=C(O)CCCC1. The highest BCUT2D eigenvalue weighted by molar-refractivity contribution is 5.05. The van der Waals surface area contributed by atoms with Gasteiger partial charge in [-0.2, -0.15) is 0 Å². The van der Waals surface area contributed by atoms with E-state index in [9.17, 15) is 0 Å². The summed E-state index contributed by atoms with van der Waals surface area (Å²) in [6, 6.07) is 0. The molecule has 2 heteroatoms. The molecule has 0 spiro atoms. The lowest BCUT2D eigenvalue weighted by Gasteiger charge is -2.10. The maximum Gasteiger partial charge on any atom is 0.111 e. The summed E-state index contributed by atoms with van der Waals surface area (Å²) in [7, 11) is 0. The average molecular weight is 113 g/mol. The minimum atomic E-state index is 0.413. The van der Waals surface area contributed by atoms with Crippen molar-refractivity contribution in [2.75, 3.05) is 0 Å². The first-order valence-corrected chi connectivity index (χ1v) is 2.97. The van der Waals surface area contributed by atoms with Crippen molar-refractivity contribution in [2.24, 2.45) is 5.73 Å². The summed E-state index contributed by atoms with van der Waals surface area (Å²) in [5.41, 5.74) is 6.10. The van der Waals surface area contributed by atoms with Crippen LogP contribution in [0.4, 0.5) is 0 Å². The van der Waals surface area contributed by atoms with E-state index in [0.717, 1.165) is 25.7 Å². The largest absolute Gasteiger partial charge is 0.511 e. The molecule has 0 aromatic rings. The van der Waals surface area contributed by atoms with Gasteiger partial charge in [-0.15, -0.1) is 0 Å². The lowest BCUT2D eigenvalue weighted by atomic mass is 10.0. The molecule has 1 aliphatic rings. The minimum absolute atomic E-state index is 0.413. The van der Waals surface area contributed by atoms with Crippen LogP contribution in [0, 0.1) is 0 Å². The van der Waals surface area contributed by atoms with E-state index < -0.39 is 0 Å². The minimum Gasteiger partial charge on any atom is -0.511 e. The number of rotatable bonds is 0. The zero-order chi connectivity index (χ0) is 5.98. The molecule has 0 aromatic carbocycles. The maximum absolute atomic E-state index is 8.93. The van der Waals surface area contributed by atoms with Crippen LogP contribution in [0.2, 0.25) is 0 Å². The van der Waals surface area contributed by atoms with Crippen LogP contribution in [0.1, 0.15) is 25.7 Å². The van der Waals surface area contributed by atoms with Crippen LogP contribution in [0.5, 0.6) is 0 Å². The average Bonchev–Trinajstić information content (AvgIpc) is 1.77. The molecule has 0 fully saturated rings. The molecule has 0 bridgehead atoms. The second-order valence-electron chi connectivity index (χ2n) is 2.18. The molecule has 0 amide bonds. The van der Waals surface area contributed by atoms with E-state index >= 15 is 0 Å². The molecule has 0 atom stereocenters. The normalized spacial score (nSPS) is 21.5. The predicted molar refractivity (Wildman–Crippen MR) is 32.3 cm³/mol. The Morgan fingerprint density at radius 2 is 1.88 bits per heavy atom. The van der Waals surface area contributed by atoms with Crippen molar-refractivity contribution < 1.29 is 5.11 Å². The van der Waals surface area contributed by atoms with Crippen LogP contribution in [-0.2, 0) is 0 Å². The Labute approximate surface area is 49.0 Å². The summed E-state index contributed by atoms with van der Waals surface area (Å²) < 4.78 is 0. The monoisotopic (exact) mass is 113 g/mol. The first kappa shape index (κ1) is 5.48. The van der Waals surface area contributed by atoms with Crippen molar-refractivity contribution in [1.82, 2.24) is 0 Å². The van der Waals surface area contributed by atoms with Gasteiger partial charge in [0.25, 0.3) is 0 Å². The second-order valence-corrected chi connectivity index (χ2v) is 2.18. The predicted octanol–water partition coefficient (Wildman–Crippen LogP) is 1.29. The molecule has 0 unspecified atom stereocenters. The topological polar surface area (TPSA) is 46.2 Å². The van der Waals surface area contributed by atoms with E-state index in [4.69, 9.17) is 10.8 Å². The fraction of sp³-hybridized carbons (Fsp3) is 0.667. The third kappa shape index (κ3) is 0.941. The van der Waals surface area contributed by atoms with Gasteiger partial charge in [0.05, 0.1) is 0 Å². The standard InChI is InChI=1S/C6H11NO/c7-5-3-1-2-4-6(5)8/h8H,1-4,7H2. The fourth-order valence-electron chi connectivity index (χ4n) is 0.913. The summed E-state index contributed by atoms with van der Waals surface area (Å²) in [5, 5.41) is 8.93. The molecule has 1 rings (SSSR count). The van der Waals surface area contributed by atoms with Crippen molar-refractivity contribution in [3.8, 4) is 0 Å². The highest BCUT2D eigenvalue weighted by Gasteiger charge is 2.06. The van der Waals surface area contributed by atoms with Crippen molar-refractivity contribution >= 4 is 0 Å². The second kappa shape index (κ2) is 2.07. The molecule has 2 nitrogen and oxygen atoms in total. The van der Waals surface area contributed by atoms with Gasteiger partial charge in [0.15, 0.2) is 0 Å². The van der Waals surface area contributed by atoms with Crippen LogP contribution in [0.25, 0.3) is 0 Å². The van der Waals surface area contributed by atoms with Crippen LogP contribution < -0.4 is 5.73 Å². The number of allylic oxidation sites excluding steroid dienone is 2. The van der Waals surface area contributed by atoms with E-state index in [2.05, 4.69) is 0 Å². The first-order chi connectivity index (χ1) is 3.80. The maximum atomic E-state index is 8.93. The summed E-state index contributed by atoms with van der Waals surface area (Å²) in [4.78, 5) is 0. The first-order valence-electron chi connectivity index (χ1n) is 2.97. The molecule has 3 N–H and O–H groups in total. The van der Waals surface area contributed by atoms with Crippen LogP contribution in [0.15, 0.2) is 11.5 Å². The third-order valence-corrected chi connectivity index (χ3v) is 1.48. The Morgan fingerprint density at radius 1 is 1.25 bits per heavy atom. The molecule has 0 heterocycles. The number of aliphatic hydroxyl groups excluding tert-OH is 1. The Hall–Kier alpha value is -0.660. The lowest BCUT2D eigenvalue weighted by Crippen LogP contribution is -2.06. The van der Waals surface area contributed by atoms with Crippen molar-refractivity contribution in [3.05, 3.63) is 11.5 Å². The summed E-state index contributed by atoms with van der Waals surface area (Å²) in [6.45, 7) is 0. The van der Waals surface area contributed by atoms with Crippen molar-refractivity contribution in [2.45, 2.75) is 25.7 Å². The Balaban J connectivity index is 2.60. The summed E-state index contributed by atoms with van der Waals surface area (Å²) in [6.07, 6.45) is 3.89. The molecule has 0 aromatic heterocycles. The highest BCUT2D eigenvalue weighted by atomic mass is 16.3. The number of nitrogens with two attached hydrogens (primary N) is 1. The molecular weight excluding hydrogens is 102 g/mol. The van der Waals surface area contributed by atoms with Gasteiger partial charge in [0.1, 0.15) is 5.76 Å². The highest BCUT2D eigenvalue weighted by Crippen LogP contribution is 2.18. The van der Waals surface area contributed by atoms with Crippen molar-refractivity contribution in [1.29, 1.82) is 0 Å². The van der Waals surface area contributed by atoms with Gasteiger partial charge in [-0.05, 0) is 19.3 Å². The van der Waals surface area contributed by atoms with E-state index in [1.807, 2.05) is 0 Å². The molecular formula is C6H11NO. The Morgan fingerprint density at radius 3 is 2.25 bits per heavy atom. The molecule has 0 saturated carbocycles. The molecule has 8 heavy (non-hydrogen) atoms. The van der Waals surface area contributed by atoms with E-state index in [1.165, 1.54) is 0 Å². The quantitative estimate of drug-likeness (QED) is 0.497. The molecule has 0 radical (unpaired) electrons.